The summed E-state index contributed by atoms with van der Waals surface area (Å²) in [5.74, 6) is 1.02. The Hall–Kier alpha value is -2.89. The molecule has 0 saturated carbocycles. The largest absolute Gasteiger partial charge is 0.489 e. The molecule has 164 valence electrons. The van der Waals surface area contributed by atoms with Crippen molar-refractivity contribution in [1.82, 2.24) is 14.8 Å². The molecule has 2 aromatic rings. The number of nitrogens with zero attached hydrogens (tertiary/aromatic N) is 3. The van der Waals surface area contributed by atoms with Crippen LogP contribution in [0.15, 0.2) is 48.8 Å². The van der Waals surface area contributed by atoms with Crippen molar-refractivity contribution in [3.8, 4) is 5.75 Å². The molecule has 2 aliphatic rings. The van der Waals surface area contributed by atoms with Gasteiger partial charge in [-0.1, -0.05) is 25.0 Å². The van der Waals surface area contributed by atoms with E-state index in [1.807, 2.05) is 35.2 Å². The van der Waals surface area contributed by atoms with Gasteiger partial charge in [0.05, 0.1) is 0 Å². The van der Waals surface area contributed by atoms with E-state index >= 15 is 0 Å². The first-order valence-corrected chi connectivity index (χ1v) is 11.4. The highest BCUT2D eigenvalue weighted by Gasteiger charge is 2.30. The summed E-state index contributed by atoms with van der Waals surface area (Å²) in [4.78, 5) is 33.9. The predicted molar refractivity (Wildman–Crippen MR) is 119 cm³/mol. The number of hydrogen-bond acceptors (Lipinski definition) is 4. The first-order chi connectivity index (χ1) is 15.2. The third-order valence-electron chi connectivity index (χ3n) is 6.26. The number of rotatable bonds is 5. The molecule has 0 spiro atoms. The Balaban J connectivity index is 1.30. The zero-order valence-corrected chi connectivity index (χ0v) is 18.0. The molecule has 0 bridgehead atoms. The van der Waals surface area contributed by atoms with Crippen molar-refractivity contribution in [2.75, 3.05) is 26.2 Å². The van der Waals surface area contributed by atoms with Crippen LogP contribution in [0.25, 0.3) is 0 Å². The Morgan fingerprint density at radius 2 is 1.71 bits per heavy atom. The lowest BCUT2D eigenvalue weighted by Crippen LogP contribution is -2.44. The van der Waals surface area contributed by atoms with Crippen molar-refractivity contribution in [2.45, 2.75) is 45.1 Å². The summed E-state index contributed by atoms with van der Waals surface area (Å²) in [5.41, 5.74) is 1.61. The van der Waals surface area contributed by atoms with Crippen LogP contribution >= 0.6 is 0 Å². The van der Waals surface area contributed by atoms with Crippen LogP contribution in [0.5, 0.6) is 5.75 Å². The number of amides is 2. The van der Waals surface area contributed by atoms with Crippen molar-refractivity contribution in [3.05, 3.63) is 59.9 Å². The minimum Gasteiger partial charge on any atom is -0.489 e. The van der Waals surface area contributed by atoms with Crippen LogP contribution in [-0.4, -0.2) is 52.8 Å². The lowest BCUT2D eigenvalue weighted by Gasteiger charge is -2.34. The second kappa shape index (κ2) is 10.4. The first kappa shape index (κ1) is 21.3. The van der Waals surface area contributed by atoms with Gasteiger partial charge in [0.1, 0.15) is 12.4 Å². The molecule has 6 nitrogen and oxygen atoms in total. The summed E-state index contributed by atoms with van der Waals surface area (Å²) in [5, 5.41) is 0. The van der Waals surface area contributed by atoms with E-state index in [1.165, 1.54) is 12.8 Å². The summed E-state index contributed by atoms with van der Waals surface area (Å²) < 4.78 is 5.84. The van der Waals surface area contributed by atoms with E-state index in [9.17, 15) is 9.59 Å². The van der Waals surface area contributed by atoms with Gasteiger partial charge in [-0.15, -0.1) is 0 Å². The normalized spacial score (nSPS) is 17.8. The molecule has 2 fully saturated rings. The molecule has 1 aromatic heterocycles. The number of hydrogen-bond donors (Lipinski definition) is 0. The van der Waals surface area contributed by atoms with E-state index < -0.39 is 0 Å². The molecule has 0 aliphatic carbocycles. The SMILES string of the molecule is O=C(c1cccc(OCc2cccnc2)c1)N1CCC(C(=O)N2CCCCCC2)CC1. The molecule has 0 atom stereocenters. The zero-order chi connectivity index (χ0) is 21.5. The summed E-state index contributed by atoms with van der Waals surface area (Å²) in [6.07, 6.45) is 9.67. The Morgan fingerprint density at radius 3 is 2.42 bits per heavy atom. The van der Waals surface area contributed by atoms with Crippen LogP contribution in [0, 0.1) is 5.92 Å². The topological polar surface area (TPSA) is 62.7 Å². The maximum atomic E-state index is 13.0. The van der Waals surface area contributed by atoms with Crippen molar-refractivity contribution in [1.29, 1.82) is 0 Å². The standard InChI is InChI=1S/C25H31N3O3/c29-24(27-13-3-1-2-4-14-27)21-10-15-28(16-11-21)25(30)22-8-5-9-23(17-22)31-19-20-7-6-12-26-18-20/h5-9,12,17-18,21H,1-4,10-11,13-16,19H2. The highest BCUT2D eigenvalue weighted by molar-refractivity contribution is 5.94. The number of aromatic nitrogens is 1. The number of likely N-dealkylation sites (tertiary alicyclic amines) is 2. The van der Waals surface area contributed by atoms with Crippen LogP contribution in [0.1, 0.15) is 54.4 Å². The number of ether oxygens (including phenoxy) is 1. The van der Waals surface area contributed by atoms with Gasteiger partial charge >= 0.3 is 0 Å². The molecule has 2 saturated heterocycles. The van der Waals surface area contributed by atoms with E-state index in [-0.39, 0.29) is 11.8 Å². The van der Waals surface area contributed by atoms with Crippen LogP contribution < -0.4 is 4.74 Å². The number of pyridine rings is 1. The fraction of sp³-hybridized carbons (Fsp3) is 0.480. The van der Waals surface area contributed by atoms with Gasteiger partial charge in [0.25, 0.3) is 5.91 Å². The van der Waals surface area contributed by atoms with Crippen LogP contribution in [0.2, 0.25) is 0 Å². The second-order valence-corrected chi connectivity index (χ2v) is 8.48. The molecular formula is C25H31N3O3. The lowest BCUT2D eigenvalue weighted by atomic mass is 9.94. The summed E-state index contributed by atoms with van der Waals surface area (Å²) in [6, 6.07) is 11.2. The lowest BCUT2D eigenvalue weighted by molar-refractivity contribution is -0.136. The third-order valence-corrected chi connectivity index (χ3v) is 6.26. The van der Waals surface area contributed by atoms with Gasteiger partial charge in [0, 0.05) is 55.6 Å². The van der Waals surface area contributed by atoms with Gasteiger partial charge in [0.2, 0.25) is 5.91 Å². The molecule has 0 N–H and O–H groups in total. The van der Waals surface area contributed by atoms with Crippen molar-refractivity contribution >= 4 is 11.8 Å². The van der Waals surface area contributed by atoms with Gasteiger partial charge in [-0.3, -0.25) is 14.6 Å². The summed E-state index contributed by atoms with van der Waals surface area (Å²) in [7, 11) is 0. The number of piperidine rings is 1. The second-order valence-electron chi connectivity index (χ2n) is 8.48. The van der Waals surface area contributed by atoms with E-state index in [0.717, 1.165) is 44.3 Å². The highest BCUT2D eigenvalue weighted by Crippen LogP contribution is 2.24. The Labute approximate surface area is 184 Å². The Morgan fingerprint density at radius 1 is 0.935 bits per heavy atom. The average molecular weight is 422 g/mol. The average Bonchev–Trinajstić information content (AvgIpc) is 3.12. The number of carbonyl (C=O) groups excluding carboxylic acids is 2. The predicted octanol–water partition coefficient (Wildman–Crippen LogP) is 3.92. The van der Waals surface area contributed by atoms with Crippen molar-refractivity contribution in [3.63, 3.8) is 0 Å². The van der Waals surface area contributed by atoms with Gasteiger partial charge in [-0.05, 0) is 49.9 Å². The van der Waals surface area contributed by atoms with Crippen LogP contribution in [-0.2, 0) is 11.4 Å². The fourth-order valence-corrected chi connectivity index (χ4v) is 4.43. The third kappa shape index (κ3) is 5.63. The van der Waals surface area contributed by atoms with Gasteiger partial charge in [-0.2, -0.15) is 0 Å². The monoisotopic (exact) mass is 421 g/mol. The molecule has 4 rings (SSSR count). The van der Waals surface area contributed by atoms with E-state index in [1.54, 1.807) is 18.5 Å². The van der Waals surface area contributed by atoms with E-state index in [4.69, 9.17) is 4.74 Å². The molecule has 0 radical (unpaired) electrons. The quantitative estimate of drug-likeness (QED) is 0.734. The van der Waals surface area contributed by atoms with Crippen molar-refractivity contribution in [2.24, 2.45) is 5.92 Å². The number of benzene rings is 1. The maximum Gasteiger partial charge on any atom is 0.253 e. The molecule has 31 heavy (non-hydrogen) atoms. The summed E-state index contributed by atoms with van der Waals surface area (Å²) in [6.45, 7) is 3.46. The van der Waals surface area contributed by atoms with Gasteiger partial charge in [0.15, 0.2) is 0 Å². The van der Waals surface area contributed by atoms with Gasteiger partial charge in [-0.25, -0.2) is 0 Å². The number of carbonyl (C=O) groups is 2. The van der Waals surface area contributed by atoms with Gasteiger partial charge < -0.3 is 14.5 Å². The van der Waals surface area contributed by atoms with Crippen LogP contribution in [0.3, 0.4) is 0 Å². The minimum atomic E-state index is 0.00694. The highest BCUT2D eigenvalue weighted by atomic mass is 16.5. The Kier molecular flexibility index (Phi) is 7.18. The van der Waals surface area contributed by atoms with Crippen molar-refractivity contribution < 1.29 is 14.3 Å². The molecule has 1 aromatic carbocycles. The molecule has 0 unspecified atom stereocenters. The minimum absolute atomic E-state index is 0.00694. The maximum absolute atomic E-state index is 13.0. The van der Waals surface area contributed by atoms with Crippen LogP contribution in [0.4, 0.5) is 0 Å². The fourth-order valence-electron chi connectivity index (χ4n) is 4.43. The Bertz CT molecular complexity index is 871. The molecule has 6 heteroatoms. The summed E-state index contributed by atoms with van der Waals surface area (Å²) >= 11 is 0. The smallest absolute Gasteiger partial charge is 0.253 e. The molecular weight excluding hydrogens is 390 g/mol. The zero-order valence-electron chi connectivity index (χ0n) is 18.0. The van der Waals surface area contributed by atoms with E-state index in [0.29, 0.717) is 36.9 Å². The first-order valence-electron chi connectivity index (χ1n) is 11.4. The molecule has 2 amide bonds. The molecule has 2 aliphatic heterocycles. The molecule has 3 heterocycles. The van der Waals surface area contributed by atoms with E-state index in [2.05, 4.69) is 9.88 Å².